The lowest BCUT2D eigenvalue weighted by atomic mass is 9.85. The predicted molar refractivity (Wildman–Crippen MR) is 73.5 cm³/mol. The monoisotopic (exact) mass is 289 g/mol. The van der Waals surface area contributed by atoms with Crippen LogP contribution in [-0.4, -0.2) is 24.0 Å². The fourth-order valence-corrected chi connectivity index (χ4v) is 3.55. The molecule has 1 aromatic carbocycles. The van der Waals surface area contributed by atoms with Crippen molar-refractivity contribution < 1.29 is 14.3 Å². The Labute approximate surface area is 121 Å². The number of amides is 2. The lowest BCUT2D eigenvalue weighted by Crippen LogP contribution is -2.34. The molecule has 102 valence electrons. The lowest BCUT2D eigenvalue weighted by Gasteiger charge is -2.20. The van der Waals surface area contributed by atoms with Gasteiger partial charge in [0.15, 0.2) is 0 Å². The average Bonchev–Trinajstić information content (AvgIpc) is 3.09. The van der Waals surface area contributed by atoms with E-state index in [9.17, 15) is 9.59 Å². The standard InChI is InChI=1S/C15H12ClNO3/c1-7-8(16)3-2-4-9(7)17-14(18)12-10-5-6-11(20-10)13(12)15(17)19/h2-6,10-13H,1H3/t10-,11+,12-,13+. The summed E-state index contributed by atoms with van der Waals surface area (Å²) in [5.41, 5.74) is 1.33. The van der Waals surface area contributed by atoms with Crippen molar-refractivity contribution in [3.05, 3.63) is 40.9 Å². The fraction of sp³-hybridized carbons (Fsp3) is 0.333. The van der Waals surface area contributed by atoms with Gasteiger partial charge in [0.05, 0.1) is 29.7 Å². The lowest BCUT2D eigenvalue weighted by molar-refractivity contribution is -0.124. The first kappa shape index (κ1) is 12.1. The fourth-order valence-electron chi connectivity index (χ4n) is 3.38. The number of imide groups is 1. The maximum atomic E-state index is 12.6. The van der Waals surface area contributed by atoms with Crippen LogP contribution in [-0.2, 0) is 14.3 Å². The van der Waals surface area contributed by atoms with Crippen molar-refractivity contribution in [2.75, 3.05) is 4.90 Å². The van der Waals surface area contributed by atoms with Crippen LogP contribution in [0.5, 0.6) is 0 Å². The van der Waals surface area contributed by atoms with E-state index in [-0.39, 0.29) is 35.9 Å². The Balaban J connectivity index is 1.80. The number of ether oxygens (including phenoxy) is 1. The minimum Gasteiger partial charge on any atom is -0.365 e. The van der Waals surface area contributed by atoms with Gasteiger partial charge in [0.25, 0.3) is 0 Å². The molecular weight excluding hydrogens is 278 g/mol. The smallest absolute Gasteiger partial charge is 0.240 e. The quantitative estimate of drug-likeness (QED) is 0.587. The second-order valence-electron chi connectivity index (χ2n) is 5.40. The van der Waals surface area contributed by atoms with Gasteiger partial charge in [-0.3, -0.25) is 9.59 Å². The number of carbonyl (C=O) groups excluding carboxylic acids is 2. The van der Waals surface area contributed by atoms with E-state index >= 15 is 0 Å². The Morgan fingerprint density at radius 3 is 2.30 bits per heavy atom. The Hall–Kier alpha value is -1.65. The van der Waals surface area contributed by atoms with Gasteiger partial charge in [-0.15, -0.1) is 0 Å². The molecule has 3 aliphatic heterocycles. The molecule has 4 atom stereocenters. The third-order valence-electron chi connectivity index (χ3n) is 4.39. The van der Waals surface area contributed by atoms with Gasteiger partial charge in [0, 0.05) is 5.02 Å². The van der Waals surface area contributed by atoms with Gasteiger partial charge in [0.1, 0.15) is 0 Å². The van der Waals surface area contributed by atoms with E-state index in [4.69, 9.17) is 16.3 Å². The number of halogens is 1. The van der Waals surface area contributed by atoms with Crippen molar-refractivity contribution in [3.63, 3.8) is 0 Å². The molecule has 0 radical (unpaired) electrons. The van der Waals surface area contributed by atoms with E-state index in [2.05, 4.69) is 0 Å². The van der Waals surface area contributed by atoms with Crippen LogP contribution in [0, 0.1) is 18.8 Å². The molecule has 0 aromatic heterocycles. The molecule has 5 heteroatoms. The Morgan fingerprint density at radius 1 is 1.10 bits per heavy atom. The molecule has 3 aliphatic rings. The van der Waals surface area contributed by atoms with Gasteiger partial charge in [0.2, 0.25) is 11.8 Å². The first-order chi connectivity index (χ1) is 9.59. The maximum absolute atomic E-state index is 12.6. The van der Waals surface area contributed by atoms with E-state index in [1.165, 1.54) is 4.90 Å². The summed E-state index contributed by atoms with van der Waals surface area (Å²) >= 11 is 6.09. The van der Waals surface area contributed by atoms with Crippen LogP contribution in [0.15, 0.2) is 30.4 Å². The summed E-state index contributed by atoms with van der Waals surface area (Å²) in [4.78, 5) is 26.5. The number of hydrogen-bond acceptors (Lipinski definition) is 3. The molecule has 3 heterocycles. The van der Waals surface area contributed by atoms with Crippen LogP contribution in [0.2, 0.25) is 5.02 Å². The minimum atomic E-state index is -0.379. The molecular formula is C15H12ClNO3. The zero-order chi connectivity index (χ0) is 14.0. The normalized spacial score (nSPS) is 34.2. The predicted octanol–water partition coefficient (Wildman–Crippen LogP) is 2.09. The summed E-state index contributed by atoms with van der Waals surface area (Å²) in [5, 5.41) is 0.553. The highest BCUT2D eigenvalue weighted by atomic mass is 35.5. The van der Waals surface area contributed by atoms with Gasteiger partial charge in [-0.2, -0.15) is 0 Å². The molecule has 0 unspecified atom stereocenters. The molecule has 2 bridgehead atoms. The number of benzene rings is 1. The molecule has 2 fully saturated rings. The van der Waals surface area contributed by atoms with E-state index < -0.39 is 0 Å². The van der Waals surface area contributed by atoms with Crippen LogP contribution in [0.1, 0.15) is 5.56 Å². The minimum absolute atomic E-state index is 0.179. The van der Waals surface area contributed by atoms with Crippen molar-refractivity contribution in [2.24, 2.45) is 11.8 Å². The molecule has 20 heavy (non-hydrogen) atoms. The summed E-state index contributed by atoms with van der Waals surface area (Å²) < 4.78 is 5.61. The molecule has 1 aromatic rings. The molecule has 4 rings (SSSR count). The summed E-state index contributed by atoms with van der Waals surface area (Å²) in [6, 6.07) is 5.26. The highest BCUT2D eigenvalue weighted by molar-refractivity contribution is 6.32. The van der Waals surface area contributed by atoms with E-state index in [0.717, 1.165) is 5.56 Å². The number of nitrogens with zero attached hydrogens (tertiary/aromatic N) is 1. The van der Waals surface area contributed by atoms with Crippen LogP contribution >= 0.6 is 11.6 Å². The molecule has 0 N–H and O–H groups in total. The average molecular weight is 290 g/mol. The highest BCUT2D eigenvalue weighted by Crippen LogP contribution is 2.47. The zero-order valence-electron chi connectivity index (χ0n) is 10.7. The largest absolute Gasteiger partial charge is 0.365 e. The SMILES string of the molecule is Cc1c(Cl)cccc1N1C(=O)[C@@H]2[C@H](C1=O)[C@H]1C=C[C@@H]2O1. The van der Waals surface area contributed by atoms with Crippen LogP contribution in [0.4, 0.5) is 5.69 Å². The Bertz CT molecular complexity index is 639. The summed E-state index contributed by atoms with van der Waals surface area (Å²) in [7, 11) is 0. The van der Waals surface area contributed by atoms with E-state index in [0.29, 0.717) is 10.7 Å². The van der Waals surface area contributed by atoms with E-state index in [1.807, 2.05) is 19.1 Å². The molecule has 4 nitrogen and oxygen atoms in total. The van der Waals surface area contributed by atoms with E-state index in [1.54, 1.807) is 18.2 Å². The summed E-state index contributed by atoms with van der Waals surface area (Å²) in [6.07, 6.45) is 3.24. The number of carbonyl (C=O) groups is 2. The van der Waals surface area contributed by atoms with Gasteiger partial charge < -0.3 is 4.74 Å². The Morgan fingerprint density at radius 2 is 1.70 bits per heavy atom. The molecule has 2 amide bonds. The van der Waals surface area contributed by atoms with Crippen LogP contribution in [0.25, 0.3) is 0 Å². The maximum Gasteiger partial charge on any atom is 0.240 e. The first-order valence-corrected chi connectivity index (χ1v) is 6.94. The Kier molecular flexibility index (Phi) is 2.38. The molecule has 0 aliphatic carbocycles. The molecule has 2 saturated heterocycles. The second kappa shape index (κ2) is 3.93. The van der Waals surface area contributed by atoms with Crippen molar-refractivity contribution in [2.45, 2.75) is 19.1 Å². The van der Waals surface area contributed by atoms with Gasteiger partial charge in [-0.1, -0.05) is 29.8 Å². The number of anilines is 1. The van der Waals surface area contributed by atoms with Gasteiger partial charge >= 0.3 is 0 Å². The third kappa shape index (κ3) is 1.35. The van der Waals surface area contributed by atoms with Crippen LogP contribution in [0.3, 0.4) is 0 Å². The topological polar surface area (TPSA) is 46.6 Å². The first-order valence-electron chi connectivity index (χ1n) is 6.56. The van der Waals surface area contributed by atoms with Crippen molar-refractivity contribution in [1.82, 2.24) is 0 Å². The second-order valence-corrected chi connectivity index (χ2v) is 5.80. The third-order valence-corrected chi connectivity index (χ3v) is 4.80. The van der Waals surface area contributed by atoms with Crippen molar-refractivity contribution in [1.29, 1.82) is 0 Å². The summed E-state index contributed by atoms with van der Waals surface area (Å²) in [6.45, 7) is 1.82. The van der Waals surface area contributed by atoms with Crippen molar-refractivity contribution in [3.8, 4) is 0 Å². The molecule has 0 spiro atoms. The highest BCUT2D eigenvalue weighted by Gasteiger charge is 2.61. The molecule has 0 saturated carbocycles. The van der Waals surface area contributed by atoms with Gasteiger partial charge in [-0.25, -0.2) is 4.90 Å². The summed E-state index contributed by atoms with van der Waals surface area (Å²) in [5.74, 6) is -1.11. The van der Waals surface area contributed by atoms with Crippen LogP contribution < -0.4 is 4.90 Å². The van der Waals surface area contributed by atoms with Gasteiger partial charge in [-0.05, 0) is 24.6 Å². The number of fused-ring (bicyclic) bond motifs is 5. The van der Waals surface area contributed by atoms with Crippen molar-refractivity contribution >= 4 is 29.1 Å². The zero-order valence-corrected chi connectivity index (χ0v) is 11.5. The number of hydrogen-bond donors (Lipinski definition) is 0. The number of rotatable bonds is 1.